The van der Waals surface area contributed by atoms with E-state index < -0.39 is 0 Å². The van der Waals surface area contributed by atoms with Crippen molar-refractivity contribution in [3.8, 4) is 0 Å². The number of aromatic amines is 1. The second kappa shape index (κ2) is 8.23. The molecule has 0 aliphatic carbocycles. The SMILES string of the molecule is Cc1[nH]c(SCC(=O)Nc2cccc(Cl)c2)nc1Cc1ccccc1. The largest absolute Gasteiger partial charge is 0.337 e. The first-order valence-electron chi connectivity index (χ1n) is 7.88. The van der Waals surface area contributed by atoms with Gasteiger partial charge in [-0.3, -0.25) is 4.79 Å². The highest BCUT2D eigenvalue weighted by atomic mass is 35.5. The monoisotopic (exact) mass is 371 g/mol. The van der Waals surface area contributed by atoms with E-state index in [1.807, 2.05) is 31.2 Å². The number of rotatable bonds is 6. The molecule has 1 amide bonds. The first-order valence-corrected chi connectivity index (χ1v) is 9.24. The molecule has 0 spiro atoms. The standard InChI is InChI=1S/C19H18ClN3OS/c1-13-17(10-14-6-3-2-4-7-14)23-19(21-13)25-12-18(24)22-16-9-5-8-15(20)11-16/h2-9,11H,10,12H2,1H3,(H,21,23)(H,22,24). The van der Waals surface area contributed by atoms with E-state index in [1.54, 1.807) is 18.2 Å². The number of nitrogens with one attached hydrogen (secondary N) is 2. The van der Waals surface area contributed by atoms with E-state index in [2.05, 4.69) is 27.4 Å². The molecule has 0 unspecified atom stereocenters. The van der Waals surface area contributed by atoms with Gasteiger partial charge in [-0.05, 0) is 30.7 Å². The zero-order valence-electron chi connectivity index (χ0n) is 13.8. The fraction of sp³-hybridized carbons (Fsp3) is 0.158. The van der Waals surface area contributed by atoms with Gasteiger partial charge in [0.2, 0.25) is 5.91 Å². The van der Waals surface area contributed by atoms with Gasteiger partial charge in [-0.1, -0.05) is 59.8 Å². The van der Waals surface area contributed by atoms with E-state index in [0.717, 1.165) is 23.0 Å². The highest BCUT2D eigenvalue weighted by Crippen LogP contribution is 2.20. The summed E-state index contributed by atoms with van der Waals surface area (Å²) in [6.07, 6.45) is 0.776. The molecule has 0 atom stereocenters. The molecule has 0 radical (unpaired) electrons. The predicted molar refractivity (Wildman–Crippen MR) is 103 cm³/mol. The molecule has 4 nitrogen and oxygen atoms in total. The summed E-state index contributed by atoms with van der Waals surface area (Å²) in [5, 5.41) is 4.18. The van der Waals surface area contributed by atoms with Crippen LogP contribution in [0.4, 0.5) is 5.69 Å². The first kappa shape index (κ1) is 17.6. The van der Waals surface area contributed by atoms with Crippen LogP contribution in [0.5, 0.6) is 0 Å². The van der Waals surface area contributed by atoms with Crippen LogP contribution in [0, 0.1) is 6.92 Å². The van der Waals surface area contributed by atoms with Crippen LogP contribution in [-0.4, -0.2) is 21.6 Å². The zero-order valence-corrected chi connectivity index (χ0v) is 15.3. The summed E-state index contributed by atoms with van der Waals surface area (Å²) in [5.74, 6) is 0.190. The summed E-state index contributed by atoms with van der Waals surface area (Å²) in [5.41, 5.74) is 3.94. The molecule has 3 aromatic rings. The number of benzene rings is 2. The summed E-state index contributed by atoms with van der Waals surface area (Å²) >= 11 is 7.30. The molecule has 2 N–H and O–H groups in total. The van der Waals surface area contributed by atoms with Crippen molar-refractivity contribution >= 4 is 35.0 Å². The molecule has 0 fully saturated rings. The third kappa shape index (κ3) is 5.11. The molecular weight excluding hydrogens is 354 g/mol. The van der Waals surface area contributed by atoms with Gasteiger partial charge in [-0.25, -0.2) is 4.98 Å². The van der Waals surface area contributed by atoms with Crippen molar-refractivity contribution in [1.29, 1.82) is 0 Å². The Kier molecular flexibility index (Phi) is 5.79. The minimum atomic E-state index is -0.0917. The van der Waals surface area contributed by atoms with Gasteiger partial charge in [-0.2, -0.15) is 0 Å². The summed E-state index contributed by atoms with van der Waals surface area (Å²) < 4.78 is 0. The predicted octanol–water partition coefficient (Wildman–Crippen LogP) is 4.69. The molecule has 3 rings (SSSR count). The van der Waals surface area contributed by atoms with Crippen LogP contribution in [-0.2, 0) is 11.2 Å². The fourth-order valence-corrected chi connectivity index (χ4v) is 3.32. The lowest BCUT2D eigenvalue weighted by atomic mass is 10.1. The van der Waals surface area contributed by atoms with Gasteiger partial charge in [0.1, 0.15) is 0 Å². The number of hydrogen-bond acceptors (Lipinski definition) is 3. The van der Waals surface area contributed by atoms with Gasteiger partial charge in [-0.15, -0.1) is 0 Å². The molecule has 0 aliphatic rings. The quantitative estimate of drug-likeness (QED) is 0.618. The van der Waals surface area contributed by atoms with Gasteiger partial charge < -0.3 is 10.3 Å². The van der Waals surface area contributed by atoms with E-state index >= 15 is 0 Å². The lowest BCUT2D eigenvalue weighted by Crippen LogP contribution is -2.14. The van der Waals surface area contributed by atoms with Crippen LogP contribution in [0.2, 0.25) is 5.02 Å². The average molecular weight is 372 g/mol. The number of amides is 1. The number of carbonyl (C=O) groups is 1. The van der Waals surface area contributed by atoms with E-state index in [9.17, 15) is 4.79 Å². The molecule has 2 aromatic carbocycles. The van der Waals surface area contributed by atoms with Gasteiger partial charge >= 0.3 is 0 Å². The maximum atomic E-state index is 12.1. The molecule has 0 saturated heterocycles. The Balaban J connectivity index is 1.56. The number of anilines is 1. The molecule has 25 heavy (non-hydrogen) atoms. The maximum Gasteiger partial charge on any atom is 0.234 e. The normalized spacial score (nSPS) is 10.6. The number of carbonyl (C=O) groups excluding carboxylic acids is 1. The number of aromatic nitrogens is 2. The van der Waals surface area contributed by atoms with Crippen LogP contribution < -0.4 is 5.32 Å². The molecule has 0 bridgehead atoms. The van der Waals surface area contributed by atoms with Crippen molar-refractivity contribution in [2.75, 3.05) is 11.1 Å². The summed E-state index contributed by atoms with van der Waals surface area (Å²) in [6, 6.07) is 17.3. The van der Waals surface area contributed by atoms with Crippen molar-refractivity contribution in [3.05, 3.63) is 76.6 Å². The zero-order chi connectivity index (χ0) is 17.6. The minimum Gasteiger partial charge on any atom is -0.337 e. The van der Waals surface area contributed by atoms with Gasteiger partial charge in [0.15, 0.2) is 5.16 Å². The van der Waals surface area contributed by atoms with Crippen molar-refractivity contribution in [1.82, 2.24) is 9.97 Å². The molecule has 1 heterocycles. The number of aryl methyl sites for hydroxylation is 1. The Morgan fingerprint density at radius 1 is 1.20 bits per heavy atom. The van der Waals surface area contributed by atoms with Crippen LogP contribution in [0.15, 0.2) is 59.8 Å². The van der Waals surface area contributed by atoms with Crippen LogP contribution in [0.1, 0.15) is 17.0 Å². The molecule has 0 aliphatic heterocycles. The molecular formula is C19H18ClN3OS. The van der Waals surface area contributed by atoms with Gasteiger partial charge in [0, 0.05) is 22.8 Å². The average Bonchev–Trinajstić information content (AvgIpc) is 2.94. The second-order valence-corrected chi connectivity index (χ2v) is 7.02. The highest BCUT2D eigenvalue weighted by molar-refractivity contribution is 7.99. The Hall–Kier alpha value is -2.24. The highest BCUT2D eigenvalue weighted by Gasteiger charge is 2.10. The van der Waals surface area contributed by atoms with E-state index in [4.69, 9.17) is 11.6 Å². The van der Waals surface area contributed by atoms with Crippen molar-refractivity contribution < 1.29 is 4.79 Å². The smallest absolute Gasteiger partial charge is 0.234 e. The lowest BCUT2D eigenvalue weighted by molar-refractivity contribution is -0.113. The summed E-state index contributed by atoms with van der Waals surface area (Å²) in [7, 11) is 0. The maximum absolute atomic E-state index is 12.1. The van der Waals surface area contributed by atoms with Gasteiger partial charge in [0.25, 0.3) is 0 Å². The topological polar surface area (TPSA) is 57.8 Å². The van der Waals surface area contributed by atoms with Gasteiger partial charge in [0.05, 0.1) is 11.4 Å². The Bertz CT molecular complexity index is 864. The summed E-state index contributed by atoms with van der Waals surface area (Å²) in [6.45, 7) is 2.00. The van der Waals surface area contributed by atoms with E-state index in [-0.39, 0.29) is 11.7 Å². The minimum absolute atomic E-state index is 0.0917. The third-order valence-corrected chi connectivity index (χ3v) is 4.73. The van der Waals surface area contributed by atoms with Crippen LogP contribution in [0.3, 0.4) is 0 Å². The van der Waals surface area contributed by atoms with Crippen molar-refractivity contribution in [2.45, 2.75) is 18.5 Å². The molecule has 6 heteroatoms. The fourth-order valence-electron chi connectivity index (χ4n) is 2.39. The van der Waals surface area contributed by atoms with Crippen LogP contribution >= 0.6 is 23.4 Å². The number of hydrogen-bond donors (Lipinski definition) is 2. The Labute approximate surface area is 156 Å². The van der Waals surface area contributed by atoms with E-state index in [1.165, 1.54) is 17.3 Å². The van der Waals surface area contributed by atoms with E-state index in [0.29, 0.717) is 10.7 Å². The third-order valence-electron chi connectivity index (χ3n) is 3.63. The molecule has 1 aromatic heterocycles. The Morgan fingerprint density at radius 3 is 2.76 bits per heavy atom. The van der Waals surface area contributed by atoms with Crippen LogP contribution in [0.25, 0.3) is 0 Å². The van der Waals surface area contributed by atoms with Crippen molar-refractivity contribution in [2.24, 2.45) is 0 Å². The number of thioether (sulfide) groups is 1. The van der Waals surface area contributed by atoms with Crippen molar-refractivity contribution in [3.63, 3.8) is 0 Å². The Morgan fingerprint density at radius 2 is 2.00 bits per heavy atom. The lowest BCUT2D eigenvalue weighted by Gasteiger charge is -2.04. The summed E-state index contributed by atoms with van der Waals surface area (Å²) in [4.78, 5) is 19.9. The first-order chi connectivity index (χ1) is 12.1. The number of H-pyrrole nitrogens is 1. The number of nitrogens with zero attached hydrogens (tertiary/aromatic N) is 1. The molecule has 0 saturated carbocycles. The number of halogens is 1. The molecule has 128 valence electrons. The second-order valence-electron chi connectivity index (χ2n) is 5.62. The number of imidazole rings is 1.